The van der Waals surface area contributed by atoms with Crippen molar-refractivity contribution >= 4 is 23.8 Å². The van der Waals surface area contributed by atoms with Crippen LogP contribution in [0.15, 0.2) is 27.8 Å². The molecule has 0 aliphatic carbocycles. The molecule has 2 aliphatic rings. The quantitative estimate of drug-likeness (QED) is 0.519. The van der Waals surface area contributed by atoms with E-state index in [9.17, 15) is 4.79 Å². The summed E-state index contributed by atoms with van der Waals surface area (Å²) in [5, 5.41) is 7.05. The molecule has 2 N–H and O–H groups in total. The van der Waals surface area contributed by atoms with Crippen LogP contribution in [0.3, 0.4) is 0 Å². The molecule has 3 heterocycles. The number of hydrogen-bond acceptors (Lipinski definition) is 5. The van der Waals surface area contributed by atoms with Gasteiger partial charge in [-0.2, -0.15) is 11.8 Å². The number of ether oxygens (including phenoxy) is 1. The molecule has 0 spiro atoms. The highest BCUT2D eigenvalue weighted by Crippen LogP contribution is 2.37. The first kappa shape index (κ1) is 21.9. The largest absolute Gasteiger partial charge is 0.469 e. The van der Waals surface area contributed by atoms with Crippen LogP contribution >= 0.6 is 11.8 Å². The number of aliphatic imine (C=N–C) groups is 1. The highest BCUT2D eigenvalue weighted by atomic mass is 32.2. The zero-order valence-electron chi connectivity index (χ0n) is 17.6. The number of thioether (sulfide) groups is 1. The van der Waals surface area contributed by atoms with Crippen LogP contribution in [0.4, 0.5) is 4.79 Å². The van der Waals surface area contributed by atoms with Crippen LogP contribution in [0.5, 0.6) is 0 Å². The van der Waals surface area contributed by atoms with Crippen molar-refractivity contribution in [1.29, 1.82) is 0 Å². The van der Waals surface area contributed by atoms with Crippen molar-refractivity contribution in [3.8, 4) is 0 Å². The fraction of sp³-hybridized carbons (Fsp3) is 0.714. The monoisotopic (exact) mass is 422 g/mol. The van der Waals surface area contributed by atoms with Crippen molar-refractivity contribution in [3.63, 3.8) is 0 Å². The first-order chi connectivity index (χ1) is 14.1. The Morgan fingerprint density at radius 1 is 1.45 bits per heavy atom. The number of guanidine groups is 1. The van der Waals surface area contributed by atoms with Crippen molar-refractivity contribution in [3.05, 3.63) is 24.2 Å². The molecule has 0 saturated carbocycles. The fourth-order valence-corrected chi connectivity index (χ4v) is 4.96. The average molecular weight is 423 g/mol. The second-order valence-corrected chi connectivity index (χ2v) is 9.61. The Kier molecular flexibility index (Phi) is 8.15. The van der Waals surface area contributed by atoms with Gasteiger partial charge in [-0.25, -0.2) is 4.79 Å². The smallest absolute Gasteiger partial charge is 0.409 e. The van der Waals surface area contributed by atoms with Gasteiger partial charge in [0.25, 0.3) is 0 Å². The zero-order chi connectivity index (χ0) is 20.5. The second kappa shape index (κ2) is 10.8. The van der Waals surface area contributed by atoms with Gasteiger partial charge in [0.2, 0.25) is 0 Å². The maximum atomic E-state index is 11.9. The van der Waals surface area contributed by atoms with E-state index in [-0.39, 0.29) is 10.8 Å². The third kappa shape index (κ3) is 6.87. The molecular weight excluding hydrogens is 388 g/mol. The topological polar surface area (TPSA) is 79.1 Å². The van der Waals surface area contributed by atoms with E-state index in [0.717, 1.165) is 44.1 Å². The lowest BCUT2D eigenvalue weighted by Crippen LogP contribution is -2.50. The third-order valence-electron chi connectivity index (χ3n) is 5.48. The molecule has 1 aromatic rings. The average Bonchev–Trinajstić information content (AvgIpc) is 3.39. The fourth-order valence-electron chi connectivity index (χ4n) is 3.73. The molecule has 1 amide bonds. The van der Waals surface area contributed by atoms with E-state index in [1.807, 2.05) is 30.8 Å². The number of rotatable bonds is 7. The summed E-state index contributed by atoms with van der Waals surface area (Å²) in [6, 6.07) is 4.21. The summed E-state index contributed by atoms with van der Waals surface area (Å²) in [6.07, 6.45) is 6.60. The number of likely N-dealkylation sites (tertiary alicyclic amines) is 1. The molecule has 1 aromatic heterocycles. The minimum atomic E-state index is -0.206. The number of piperidine rings is 1. The second-order valence-electron chi connectivity index (χ2n) is 7.93. The van der Waals surface area contributed by atoms with E-state index < -0.39 is 0 Å². The summed E-state index contributed by atoms with van der Waals surface area (Å²) in [5.74, 6) is 3.06. The molecule has 2 aliphatic heterocycles. The van der Waals surface area contributed by atoms with Gasteiger partial charge in [-0.15, -0.1) is 0 Å². The normalized spacial score (nSPS) is 23.2. The molecule has 8 heteroatoms. The number of nitrogens with zero attached hydrogens (tertiary/aromatic N) is 2. The first-order valence-corrected chi connectivity index (χ1v) is 11.7. The van der Waals surface area contributed by atoms with Gasteiger partial charge in [0.15, 0.2) is 5.96 Å². The Morgan fingerprint density at radius 2 is 2.28 bits per heavy atom. The van der Waals surface area contributed by atoms with Gasteiger partial charge < -0.3 is 24.7 Å². The lowest BCUT2D eigenvalue weighted by molar-refractivity contribution is 0.0963. The SMILES string of the molecule is CCOC(=O)N1CCC(NC(=NCC2(C)CCCS2)NCCc2ccco2)CC1. The Labute approximate surface area is 178 Å². The van der Waals surface area contributed by atoms with Gasteiger partial charge >= 0.3 is 6.09 Å². The molecule has 1 atom stereocenters. The van der Waals surface area contributed by atoms with Gasteiger partial charge in [0.1, 0.15) is 5.76 Å². The molecule has 2 fully saturated rings. The molecule has 0 radical (unpaired) electrons. The molecule has 29 heavy (non-hydrogen) atoms. The lowest BCUT2D eigenvalue weighted by Gasteiger charge is -2.32. The number of nitrogens with one attached hydrogen (secondary N) is 2. The first-order valence-electron chi connectivity index (χ1n) is 10.7. The van der Waals surface area contributed by atoms with Crippen LogP contribution < -0.4 is 10.6 Å². The molecule has 1 unspecified atom stereocenters. The molecule has 162 valence electrons. The number of carbonyl (C=O) groups excluding carboxylic acids is 1. The standard InChI is InChI=1S/C21H34N4O3S/c1-3-27-20(26)25-12-8-17(9-13-25)24-19(22-11-7-18-6-4-14-28-18)23-16-21(2)10-5-15-29-21/h4,6,14,17H,3,5,7-13,15-16H2,1-2H3,(H2,22,23,24). The number of amides is 1. The predicted molar refractivity (Wildman–Crippen MR) is 118 cm³/mol. The molecular formula is C21H34N4O3S. The third-order valence-corrected chi connectivity index (χ3v) is 7.00. The number of furan rings is 1. The summed E-state index contributed by atoms with van der Waals surface area (Å²) in [5.41, 5.74) is 0. The summed E-state index contributed by atoms with van der Waals surface area (Å²) in [7, 11) is 0. The lowest BCUT2D eigenvalue weighted by atomic mass is 10.1. The molecule has 7 nitrogen and oxygen atoms in total. The van der Waals surface area contributed by atoms with E-state index in [1.165, 1.54) is 18.6 Å². The van der Waals surface area contributed by atoms with Gasteiger partial charge in [-0.05, 0) is 57.4 Å². The summed E-state index contributed by atoms with van der Waals surface area (Å²) in [6.45, 7) is 7.58. The summed E-state index contributed by atoms with van der Waals surface area (Å²) >= 11 is 2.03. The molecule has 0 aromatic carbocycles. The minimum Gasteiger partial charge on any atom is -0.469 e. The highest BCUT2D eigenvalue weighted by molar-refractivity contribution is 8.00. The predicted octanol–water partition coefficient (Wildman–Crippen LogP) is 3.26. The highest BCUT2D eigenvalue weighted by Gasteiger charge is 2.29. The zero-order valence-corrected chi connectivity index (χ0v) is 18.4. The van der Waals surface area contributed by atoms with E-state index in [0.29, 0.717) is 25.7 Å². The van der Waals surface area contributed by atoms with Crippen molar-refractivity contribution in [2.24, 2.45) is 4.99 Å². The van der Waals surface area contributed by atoms with Crippen LogP contribution in [-0.2, 0) is 11.2 Å². The van der Waals surface area contributed by atoms with Crippen molar-refractivity contribution in [2.75, 3.05) is 38.5 Å². The Bertz CT molecular complexity index is 651. The minimum absolute atomic E-state index is 0.206. The molecule has 2 saturated heterocycles. The number of hydrogen-bond donors (Lipinski definition) is 2. The van der Waals surface area contributed by atoms with Gasteiger partial charge in [-0.3, -0.25) is 4.99 Å². The van der Waals surface area contributed by atoms with Crippen LogP contribution in [0.2, 0.25) is 0 Å². The number of carbonyl (C=O) groups is 1. The Balaban J connectivity index is 1.52. The van der Waals surface area contributed by atoms with E-state index in [1.54, 1.807) is 11.2 Å². The van der Waals surface area contributed by atoms with Crippen molar-refractivity contribution in [2.45, 2.75) is 56.7 Å². The summed E-state index contributed by atoms with van der Waals surface area (Å²) < 4.78 is 10.8. The van der Waals surface area contributed by atoms with Crippen molar-refractivity contribution < 1.29 is 13.9 Å². The van der Waals surface area contributed by atoms with Crippen LogP contribution in [0.25, 0.3) is 0 Å². The van der Waals surface area contributed by atoms with Gasteiger partial charge in [0, 0.05) is 36.8 Å². The van der Waals surface area contributed by atoms with E-state index in [4.69, 9.17) is 14.1 Å². The maximum absolute atomic E-state index is 11.9. The van der Waals surface area contributed by atoms with Crippen LogP contribution in [0, 0.1) is 0 Å². The van der Waals surface area contributed by atoms with E-state index >= 15 is 0 Å². The van der Waals surface area contributed by atoms with E-state index in [2.05, 4.69) is 17.6 Å². The van der Waals surface area contributed by atoms with Crippen molar-refractivity contribution in [1.82, 2.24) is 15.5 Å². The molecule has 0 bridgehead atoms. The molecule has 3 rings (SSSR count). The van der Waals surface area contributed by atoms with Gasteiger partial charge in [0.05, 0.1) is 19.4 Å². The Morgan fingerprint density at radius 3 is 2.93 bits per heavy atom. The van der Waals surface area contributed by atoms with Crippen LogP contribution in [-0.4, -0.2) is 66.3 Å². The Hall–Kier alpha value is -1.83. The van der Waals surface area contributed by atoms with Crippen LogP contribution in [0.1, 0.15) is 45.3 Å². The van der Waals surface area contributed by atoms with Gasteiger partial charge in [-0.1, -0.05) is 0 Å². The summed E-state index contributed by atoms with van der Waals surface area (Å²) in [4.78, 5) is 18.6. The maximum Gasteiger partial charge on any atom is 0.409 e.